The van der Waals surface area contributed by atoms with E-state index in [0.717, 1.165) is 23.4 Å². The van der Waals surface area contributed by atoms with E-state index in [4.69, 9.17) is 4.74 Å². The molecule has 0 fully saturated rings. The van der Waals surface area contributed by atoms with E-state index in [-0.39, 0.29) is 5.91 Å². The molecule has 2 heterocycles. The Labute approximate surface area is 111 Å². The van der Waals surface area contributed by atoms with Gasteiger partial charge in [0.2, 0.25) is 0 Å². The third-order valence-electron chi connectivity index (χ3n) is 3.26. The van der Waals surface area contributed by atoms with Crippen molar-refractivity contribution in [2.24, 2.45) is 0 Å². The Morgan fingerprint density at radius 1 is 1.47 bits per heavy atom. The molecule has 1 N–H and O–H groups in total. The summed E-state index contributed by atoms with van der Waals surface area (Å²) in [6.07, 6.45) is 2.55. The van der Waals surface area contributed by atoms with Gasteiger partial charge in [-0.05, 0) is 17.7 Å². The van der Waals surface area contributed by atoms with Gasteiger partial charge >= 0.3 is 0 Å². The lowest BCUT2D eigenvalue weighted by atomic mass is 10.1. The number of aromatic nitrogens is 2. The van der Waals surface area contributed by atoms with E-state index in [2.05, 4.69) is 10.2 Å². The van der Waals surface area contributed by atoms with E-state index in [0.29, 0.717) is 18.7 Å². The molecule has 0 spiro atoms. The Morgan fingerprint density at radius 2 is 2.37 bits per heavy atom. The highest BCUT2D eigenvalue weighted by Gasteiger charge is 2.22. The Morgan fingerprint density at radius 3 is 3.16 bits per heavy atom. The molecule has 19 heavy (non-hydrogen) atoms. The van der Waals surface area contributed by atoms with Gasteiger partial charge in [0.1, 0.15) is 5.75 Å². The molecule has 0 unspecified atom stereocenters. The summed E-state index contributed by atoms with van der Waals surface area (Å²) in [7, 11) is 1.78. The zero-order valence-corrected chi connectivity index (χ0v) is 10.7. The summed E-state index contributed by atoms with van der Waals surface area (Å²) in [5, 5.41) is 6.73. The van der Waals surface area contributed by atoms with Crippen molar-refractivity contribution in [3.63, 3.8) is 0 Å². The maximum atomic E-state index is 12.4. The van der Waals surface area contributed by atoms with Crippen molar-refractivity contribution in [1.29, 1.82) is 0 Å². The molecular weight excluding hydrogens is 242 g/mol. The molecule has 98 valence electrons. The van der Waals surface area contributed by atoms with E-state index in [1.54, 1.807) is 18.1 Å². The Kier molecular flexibility index (Phi) is 2.95. The van der Waals surface area contributed by atoms with Crippen molar-refractivity contribution in [1.82, 2.24) is 15.1 Å². The quantitative estimate of drug-likeness (QED) is 0.909. The fraction of sp³-hybridized carbons (Fsp3) is 0.286. The summed E-state index contributed by atoms with van der Waals surface area (Å²) in [4.78, 5) is 14.1. The molecule has 1 aliphatic heterocycles. The molecule has 0 saturated heterocycles. The Hall–Kier alpha value is -2.30. The number of amides is 1. The first kappa shape index (κ1) is 11.8. The molecule has 0 atom stereocenters. The molecule has 1 aromatic carbocycles. The van der Waals surface area contributed by atoms with Crippen LogP contribution in [0.5, 0.6) is 5.75 Å². The second-order valence-electron chi connectivity index (χ2n) is 4.64. The monoisotopic (exact) mass is 257 g/mol. The average molecular weight is 257 g/mol. The minimum atomic E-state index is -0.0339. The molecule has 0 saturated carbocycles. The van der Waals surface area contributed by atoms with Crippen LogP contribution in [0.1, 0.15) is 21.6 Å². The lowest BCUT2D eigenvalue weighted by Gasteiger charge is -2.17. The smallest absolute Gasteiger partial charge is 0.257 e. The molecule has 1 aromatic heterocycles. The van der Waals surface area contributed by atoms with Crippen LogP contribution in [0.15, 0.2) is 30.5 Å². The number of rotatable bonds is 3. The van der Waals surface area contributed by atoms with Crippen LogP contribution in [0, 0.1) is 0 Å². The van der Waals surface area contributed by atoms with E-state index in [9.17, 15) is 4.79 Å². The number of H-pyrrole nitrogens is 1. The minimum absolute atomic E-state index is 0.0339. The molecule has 1 aliphatic rings. The number of ether oxygens (including phenoxy) is 1. The van der Waals surface area contributed by atoms with E-state index < -0.39 is 0 Å². The first-order valence-corrected chi connectivity index (χ1v) is 6.24. The molecule has 5 nitrogen and oxygen atoms in total. The summed E-state index contributed by atoms with van der Waals surface area (Å²) in [6.45, 7) is 1.16. The van der Waals surface area contributed by atoms with Crippen LogP contribution in [-0.4, -0.2) is 34.7 Å². The van der Waals surface area contributed by atoms with Crippen molar-refractivity contribution < 1.29 is 9.53 Å². The summed E-state index contributed by atoms with van der Waals surface area (Å²) >= 11 is 0. The number of carbonyl (C=O) groups excluding carboxylic acids is 1. The van der Waals surface area contributed by atoms with E-state index in [1.165, 1.54) is 0 Å². The first-order chi connectivity index (χ1) is 9.25. The lowest BCUT2D eigenvalue weighted by Crippen LogP contribution is -2.26. The van der Waals surface area contributed by atoms with E-state index >= 15 is 0 Å². The fourth-order valence-electron chi connectivity index (χ4n) is 2.29. The SMILES string of the molecule is CN(Cc1ccn[nH]1)C(=O)c1cccc2c1OCC2. The summed E-state index contributed by atoms with van der Waals surface area (Å²) in [6, 6.07) is 7.59. The van der Waals surface area contributed by atoms with Gasteiger partial charge in [0, 0.05) is 19.7 Å². The predicted molar refractivity (Wildman–Crippen MR) is 70.0 cm³/mol. The largest absolute Gasteiger partial charge is 0.492 e. The highest BCUT2D eigenvalue weighted by Crippen LogP contribution is 2.30. The molecule has 5 heteroatoms. The standard InChI is InChI=1S/C14H15N3O2/c1-17(9-11-5-7-15-16-11)14(18)12-4-2-3-10-6-8-19-13(10)12/h2-5,7H,6,8-9H2,1H3,(H,15,16). The number of nitrogens with zero attached hydrogens (tertiary/aromatic N) is 2. The zero-order chi connectivity index (χ0) is 13.2. The second kappa shape index (κ2) is 4.76. The van der Waals surface area contributed by atoms with Crippen molar-refractivity contribution in [3.05, 3.63) is 47.3 Å². The Bertz CT molecular complexity index is 593. The number of carbonyl (C=O) groups is 1. The maximum absolute atomic E-state index is 12.4. The third kappa shape index (κ3) is 2.19. The normalized spacial score (nSPS) is 12.9. The zero-order valence-electron chi connectivity index (χ0n) is 10.7. The van der Waals surface area contributed by atoms with Crippen LogP contribution in [0.25, 0.3) is 0 Å². The summed E-state index contributed by atoms with van der Waals surface area (Å²) < 4.78 is 5.57. The number of aromatic amines is 1. The molecule has 0 bridgehead atoms. The highest BCUT2D eigenvalue weighted by molar-refractivity contribution is 5.97. The van der Waals surface area contributed by atoms with Crippen LogP contribution < -0.4 is 4.74 Å². The molecule has 3 rings (SSSR count). The third-order valence-corrected chi connectivity index (χ3v) is 3.26. The van der Waals surface area contributed by atoms with Gasteiger partial charge in [-0.25, -0.2) is 0 Å². The number of hydrogen-bond acceptors (Lipinski definition) is 3. The fourth-order valence-corrected chi connectivity index (χ4v) is 2.29. The number of fused-ring (bicyclic) bond motifs is 1. The van der Waals surface area contributed by atoms with Crippen molar-refractivity contribution in [2.75, 3.05) is 13.7 Å². The number of para-hydroxylation sites is 1. The predicted octanol–water partition coefficient (Wildman–Crippen LogP) is 1.62. The maximum Gasteiger partial charge on any atom is 0.257 e. The van der Waals surface area contributed by atoms with Crippen LogP contribution in [0.2, 0.25) is 0 Å². The van der Waals surface area contributed by atoms with E-state index in [1.807, 2.05) is 24.3 Å². The number of hydrogen-bond donors (Lipinski definition) is 1. The second-order valence-corrected chi connectivity index (χ2v) is 4.64. The van der Waals surface area contributed by atoms with Gasteiger partial charge in [0.15, 0.2) is 0 Å². The van der Waals surface area contributed by atoms with Crippen LogP contribution in [0.4, 0.5) is 0 Å². The lowest BCUT2D eigenvalue weighted by molar-refractivity contribution is 0.0780. The van der Waals surface area contributed by atoms with Gasteiger partial charge in [-0.3, -0.25) is 9.89 Å². The average Bonchev–Trinajstić information content (AvgIpc) is 3.07. The molecule has 2 aromatic rings. The molecule has 1 amide bonds. The summed E-state index contributed by atoms with van der Waals surface area (Å²) in [5.74, 6) is 0.706. The number of benzene rings is 1. The van der Waals surface area contributed by atoms with Crippen molar-refractivity contribution in [3.8, 4) is 5.75 Å². The van der Waals surface area contributed by atoms with Gasteiger partial charge < -0.3 is 9.64 Å². The molecular formula is C14H15N3O2. The minimum Gasteiger partial charge on any atom is -0.492 e. The van der Waals surface area contributed by atoms with Gasteiger partial charge in [-0.2, -0.15) is 5.10 Å². The van der Waals surface area contributed by atoms with Crippen LogP contribution in [-0.2, 0) is 13.0 Å². The Balaban J connectivity index is 1.82. The number of nitrogens with one attached hydrogen (secondary N) is 1. The first-order valence-electron chi connectivity index (χ1n) is 6.24. The van der Waals surface area contributed by atoms with Gasteiger partial charge in [-0.15, -0.1) is 0 Å². The van der Waals surface area contributed by atoms with Gasteiger partial charge in [0.05, 0.1) is 24.4 Å². The van der Waals surface area contributed by atoms with Crippen molar-refractivity contribution in [2.45, 2.75) is 13.0 Å². The molecule has 0 aliphatic carbocycles. The summed E-state index contributed by atoms with van der Waals surface area (Å²) in [5.41, 5.74) is 2.65. The topological polar surface area (TPSA) is 58.2 Å². The van der Waals surface area contributed by atoms with Crippen LogP contribution in [0.3, 0.4) is 0 Å². The van der Waals surface area contributed by atoms with Crippen LogP contribution >= 0.6 is 0 Å². The highest BCUT2D eigenvalue weighted by atomic mass is 16.5. The van der Waals surface area contributed by atoms with Gasteiger partial charge in [0.25, 0.3) is 5.91 Å². The molecule has 0 radical (unpaired) electrons. The van der Waals surface area contributed by atoms with Gasteiger partial charge in [-0.1, -0.05) is 12.1 Å². The van der Waals surface area contributed by atoms with Crippen molar-refractivity contribution >= 4 is 5.91 Å².